The third-order valence-corrected chi connectivity index (χ3v) is 6.68. The van der Waals surface area contributed by atoms with Gasteiger partial charge in [-0.3, -0.25) is 9.89 Å². The number of ether oxygens (including phenoxy) is 1. The standard InChI is InChI=1S/C31H41N5O2/c1-30(2)19-25(20-31(3,4)38-30)29(23-11-14-27-24(18-23)21-34-35-27)22-9-12-26(13-10-22)33-17-16-32-15-7-8-28(37)36(5)6/h7-14,18,21,32-33H,15-17,19-20H2,1-6H3,(H,34,35)/b8-7+. The molecule has 4 rings (SSSR count). The first-order valence-electron chi connectivity index (χ1n) is 13.3. The first-order valence-corrected chi connectivity index (χ1v) is 13.3. The zero-order chi connectivity index (χ0) is 27.3. The van der Waals surface area contributed by atoms with Crippen LogP contribution in [0.4, 0.5) is 5.69 Å². The van der Waals surface area contributed by atoms with Gasteiger partial charge in [-0.1, -0.05) is 29.8 Å². The van der Waals surface area contributed by atoms with Crippen LogP contribution in [-0.4, -0.2) is 65.9 Å². The van der Waals surface area contributed by atoms with Crippen LogP contribution in [0.5, 0.6) is 0 Å². The number of hydrogen-bond acceptors (Lipinski definition) is 5. The number of H-pyrrole nitrogens is 1. The lowest BCUT2D eigenvalue weighted by molar-refractivity contribution is -0.138. The van der Waals surface area contributed by atoms with Crippen molar-refractivity contribution < 1.29 is 9.53 Å². The zero-order valence-electron chi connectivity index (χ0n) is 23.5. The van der Waals surface area contributed by atoms with Gasteiger partial charge in [0.2, 0.25) is 5.91 Å². The Morgan fingerprint density at radius 2 is 1.71 bits per heavy atom. The van der Waals surface area contributed by atoms with E-state index in [0.717, 1.165) is 42.5 Å². The molecule has 1 fully saturated rings. The van der Waals surface area contributed by atoms with Gasteiger partial charge in [0.15, 0.2) is 0 Å². The summed E-state index contributed by atoms with van der Waals surface area (Å²) < 4.78 is 6.40. The molecule has 0 bridgehead atoms. The van der Waals surface area contributed by atoms with Crippen LogP contribution in [0.3, 0.4) is 0 Å². The third-order valence-electron chi connectivity index (χ3n) is 6.68. The number of hydrogen-bond donors (Lipinski definition) is 3. The Morgan fingerprint density at radius 3 is 2.39 bits per heavy atom. The molecule has 1 amide bonds. The summed E-state index contributed by atoms with van der Waals surface area (Å²) in [6.45, 7) is 11.0. The van der Waals surface area contributed by atoms with Gasteiger partial charge < -0.3 is 20.3 Å². The Morgan fingerprint density at radius 1 is 1.03 bits per heavy atom. The van der Waals surface area contributed by atoms with Crippen molar-refractivity contribution in [2.45, 2.75) is 51.7 Å². The molecule has 1 saturated heterocycles. The number of carbonyl (C=O) groups is 1. The SMILES string of the molecule is CN(C)C(=O)/C=C/CNCCNc1ccc(C(=C2CC(C)(C)OC(C)(C)C2)c2ccc3[nH]ncc3c2)cc1. The highest BCUT2D eigenvalue weighted by Crippen LogP contribution is 2.43. The summed E-state index contributed by atoms with van der Waals surface area (Å²) in [6.07, 6.45) is 7.10. The van der Waals surface area contributed by atoms with Gasteiger partial charge in [-0.25, -0.2) is 0 Å². The van der Waals surface area contributed by atoms with Crippen LogP contribution >= 0.6 is 0 Å². The minimum absolute atomic E-state index is 0.00285. The predicted octanol–water partition coefficient (Wildman–Crippen LogP) is 5.38. The molecule has 3 aromatic rings. The van der Waals surface area contributed by atoms with Gasteiger partial charge in [-0.05, 0) is 81.5 Å². The van der Waals surface area contributed by atoms with Crippen LogP contribution in [-0.2, 0) is 9.53 Å². The molecule has 1 aliphatic rings. The van der Waals surface area contributed by atoms with Crippen LogP contribution in [0.1, 0.15) is 51.7 Å². The summed E-state index contributed by atoms with van der Waals surface area (Å²) in [5.74, 6) is -0.00285. The second kappa shape index (κ2) is 11.5. The van der Waals surface area contributed by atoms with Gasteiger partial charge >= 0.3 is 0 Å². The number of amides is 1. The molecule has 7 heteroatoms. The maximum absolute atomic E-state index is 11.6. The number of aromatic nitrogens is 2. The van der Waals surface area contributed by atoms with E-state index in [-0.39, 0.29) is 17.1 Å². The minimum atomic E-state index is -0.231. The molecule has 1 aromatic heterocycles. The van der Waals surface area contributed by atoms with E-state index in [9.17, 15) is 4.79 Å². The Balaban J connectivity index is 1.50. The van der Waals surface area contributed by atoms with Gasteiger partial charge in [0.05, 0.1) is 22.9 Å². The number of benzene rings is 2. The summed E-state index contributed by atoms with van der Waals surface area (Å²) in [5, 5.41) is 15.2. The van der Waals surface area contributed by atoms with Crippen molar-refractivity contribution >= 4 is 28.1 Å². The van der Waals surface area contributed by atoms with Crippen molar-refractivity contribution in [1.82, 2.24) is 20.4 Å². The van der Waals surface area contributed by atoms with E-state index in [1.54, 1.807) is 25.1 Å². The van der Waals surface area contributed by atoms with Crippen molar-refractivity contribution in [2.75, 3.05) is 39.0 Å². The monoisotopic (exact) mass is 515 g/mol. The second-order valence-corrected chi connectivity index (χ2v) is 11.5. The van der Waals surface area contributed by atoms with Crippen molar-refractivity contribution in [3.8, 4) is 0 Å². The Labute approximate surface area is 226 Å². The largest absolute Gasteiger partial charge is 0.384 e. The van der Waals surface area contributed by atoms with E-state index in [2.05, 4.69) is 91.0 Å². The Hall–Kier alpha value is -3.42. The summed E-state index contributed by atoms with van der Waals surface area (Å²) in [6, 6.07) is 15.3. The Kier molecular flexibility index (Phi) is 8.38. The van der Waals surface area contributed by atoms with Crippen molar-refractivity contribution in [1.29, 1.82) is 0 Å². The summed E-state index contributed by atoms with van der Waals surface area (Å²) in [5.41, 5.74) is 6.76. The van der Waals surface area contributed by atoms with Crippen LogP contribution in [0.2, 0.25) is 0 Å². The zero-order valence-corrected chi connectivity index (χ0v) is 23.5. The van der Waals surface area contributed by atoms with Crippen molar-refractivity contribution in [3.05, 3.63) is 77.5 Å². The van der Waals surface area contributed by atoms with E-state index >= 15 is 0 Å². The molecule has 7 nitrogen and oxygen atoms in total. The number of rotatable bonds is 9. The molecule has 3 N–H and O–H groups in total. The first-order chi connectivity index (χ1) is 18.0. The molecule has 2 heterocycles. The van der Waals surface area contributed by atoms with E-state index in [1.807, 2.05) is 12.3 Å². The summed E-state index contributed by atoms with van der Waals surface area (Å²) in [4.78, 5) is 13.1. The number of likely N-dealkylation sites (N-methyl/N-ethyl adjacent to an activating group) is 1. The molecule has 38 heavy (non-hydrogen) atoms. The second-order valence-electron chi connectivity index (χ2n) is 11.5. The molecule has 0 radical (unpaired) electrons. The van der Waals surface area contributed by atoms with E-state index in [1.165, 1.54) is 22.3 Å². The molecular formula is C31H41N5O2. The summed E-state index contributed by atoms with van der Waals surface area (Å²) >= 11 is 0. The maximum Gasteiger partial charge on any atom is 0.245 e. The Bertz CT molecular complexity index is 1300. The average Bonchev–Trinajstić information content (AvgIpc) is 3.30. The average molecular weight is 516 g/mol. The third kappa shape index (κ3) is 7.11. The predicted molar refractivity (Wildman–Crippen MR) is 156 cm³/mol. The molecule has 0 atom stereocenters. The number of anilines is 1. The van der Waals surface area contributed by atoms with E-state index in [0.29, 0.717) is 6.54 Å². The van der Waals surface area contributed by atoms with Gasteiger partial charge in [0, 0.05) is 50.9 Å². The fourth-order valence-corrected chi connectivity index (χ4v) is 5.30. The number of nitrogens with one attached hydrogen (secondary N) is 3. The lowest BCUT2D eigenvalue weighted by Gasteiger charge is -2.43. The first kappa shape index (κ1) is 27.6. The normalized spacial score (nSPS) is 16.6. The molecule has 2 aromatic carbocycles. The summed E-state index contributed by atoms with van der Waals surface area (Å²) in [7, 11) is 3.50. The number of aromatic amines is 1. The molecule has 0 saturated carbocycles. The molecule has 0 spiro atoms. The van der Waals surface area contributed by atoms with E-state index < -0.39 is 0 Å². The molecule has 202 valence electrons. The van der Waals surface area contributed by atoms with Crippen LogP contribution in [0, 0.1) is 0 Å². The van der Waals surface area contributed by atoms with Crippen LogP contribution < -0.4 is 10.6 Å². The van der Waals surface area contributed by atoms with Gasteiger partial charge in [-0.2, -0.15) is 5.10 Å². The maximum atomic E-state index is 11.6. The fraction of sp³-hybridized carbons (Fsp3) is 0.419. The lowest BCUT2D eigenvalue weighted by atomic mass is 9.79. The highest BCUT2D eigenvalue weighted by molar-refractivity contribution is 5.89. The topological polar surface area (TPSA) is 82.3 Å². The number of nitrogens with zero attached hydrogens (tertiary/aromatic N) is 2. The molecule has 0 aliphatic carbocycles. The van der Waals surface area contributed by atoms with Crippen molar-refractivity contribution in [2.24, 2.45) is 0 Å². The molecular weight excluding hydrogens is 474 g/mol. The van der Waals surface area contributed by atoms with Gasteiger partial charge in [0.1, 0.15) is 0 Å². The smallest absolute Gasteiger partial charge is 0.245 e. The number of fused-ring (bicyclic) bond motifs is 1. The molecule has 1 aliphatic heterocycles. The van der Waals surface area contributed by atoms with Crippen LogP contribution in [0.15, 0.2) is 66.4 Å². The van der Waals surface area contributed by atoms with Crippen molar-refractivity contribution in [3.63, 3.8) is 0 Å². The quantitative estimate of drug-likeness (QED) is 0.263. The molecule has 0 unspecified atom stereocenters. The van der Waals surface area contributed by atoms with E-state index in [4.69, 9.17) is 4.74 Å². The minimum Gasteiger partial charge on any atom is -0.384 e. The highest BCUT2D eigenvalue weighted by atomic mass is 16.5. The lowest BCUT2D eigenvalue weighted by Crippen LogP contribution is -2.42. The number of carbonyl (C=O) groups excluding carboxylic acids is 1. The highest BCUT2D eigenvalue weighted by Gasteiger charge is 2.37. The van der Waals surface area contributed by atoms with Gasteiger partial charge in [0.25, 0.3) is 0 Å². The van der Waals surface area contributed by atoms with Gasteiger partial charge in [-0.15, -0.1) is 0 Å². The van der Waals surface area contributed by atoms with Crippen LogP contribution in [0.25, 0.3) is 16.5 Å². The fourth-order valence-electron chi connectivity index (χ4n) is 5.30.